The summed E-state index contributed by atoms with van der Waals surface area (Å²) in [6.45, 7) is 0. The van der Waals surface area contributed by atoms with Crippen molar-refractivity contribution in [1.82, 2.24) is 9.78 Å². The van der Waals surface area contributed by atoms with Gasteiger partial charge in [0.25, 0.3) is 5.91 Å². The predicted octanol–water partition coefficient (Wildman–Crippen LogP) is 3.17. The highest BCUT2D eigenvalue weighted by molar-refractivity contribution is 7.83. The smallest absolute Gasteiger partial charge is 0.256 e. The zero-order valence-electron chi connectivity index (χ0n) is 13.4. The Kier molecular flexibility index (Phi) is 4.12. The normalized spacial score (nSPS) is 15.7. The van der Waals surface area contributed by atoms with Crippen LogP contribution in [0.4, 0.5) is 14.6 Å². The summed E-state index contributed by atoms with van der Waals surface area (Å²) in [6.07, 6.45) is 0. The number of rotatable bonds is 3. The molecule has 2 heterocycles. The number of carbonyl (C=O) groups is 1. The number of nitrogens with one attached hydrogen (secondary N) is 1. The minimum Gasteiger partial charge on any atom is -0.306 e. The standard InChI is InChI=1S/C18H13F2N3O2S/c19-12-3-1-11(2-4-12)18(24)21-17-15-9-26(25)10-16(15)22-23(17)14-7-5-13(20)6-8-14/h1-8H,9-10H2,(H,21,24)/t26-/m0/s1. The van der Waals surface area contributed by atoms with Crippen molar-refractivity contribution in [3.05, 3.63) is 77.0 Å². The fourth-order valence-electron chi connectivity index (χ4n) is 2.81. The van der Waals surface area contributed by atoms with Crippen LogP contribution in [-0.4, -0.2) is 19.9 Å². The first-order chi connectivity index (χ1) is 12.5. The van der Waals surface area contributed by atoms with Gasteiger partial charge in [0.1, 0.15) is 17.5 Å². The van der Waals surface area contributed by atoms with Crippen LogP contribution in [0.25, 0.3) is 5.69 Å². The molecule has 132 valence electrons. The summed E-state index contributed by atoms with van der Waals surface area (Å²) in [5.74, 6) is -0.264. The van der Waals surface area contributed by atoms with Gasteiger partial charge >= 0.3 is 0 Å². The third-order valence-corrected chi connectivity index (χ3v) is 5.29. The lowest BCUT2D eigenvalue weighted by molar-refractivity contribution is 0.102. The Hall–Kier alpha value is -2.87. The largest absolute Gasteiger partial charge is 0.306 e. The predicted molar refractivity (Wildman–Crippen MR) is 93.4 cm³/mol. The average Bonchev–Trinajstić information content (AvgIpc) is 3.13. The van der Waals surface area contributed by atoms with E-state index in [0.717, 1.165) is 0 Å². The molecule has 0 radical (unpaired) electrons. The van der Waals surface area contributed by atoms with Crippen LogP contribution in [0.1, 0.15) is 21.6 Å². The van der Waals surface area contributed by atoms with Gasteiger partial charge in [-0.2, -0.15) is 5.10 Å². The number of fused-ring (bicyclic) bond motifs is 1. The molecule has 26 heavy (non-hydrogen) atoms. The van der Waals surface area contributed by atoms with Crippen molar-refractivity contribution in [2.45, 2.75) is 11.5 Å². The van der Waals surface area contributed by atoms with Gasteiger partial charge in [-0.1, -0.05) is 0 Å². The molecule has 0 fully saturated rings. The lowest BCUT2D eigenvalue weighted by atomic mass is 10.2. The topological polar surface area (TPSA) is 64.0 Å². The maximum absolute atomic E-state index is 13.2. The molecule has 0 aliphatic carbocycles. The number of amides is 1. The lowest BCUT2D eigenvalue weighted by Crippen LogP contribution is -2.16. The Morgan fingerprint density at radius 2 is 1.62 bits per heavy atom. The molecule has 0 bridgehead atoms. The van der Waals surface area contributed by atoms with Crippen molar-refractivity contribution in [1.29, 1.82) is 0 Å². The van der Waals surface area contributed by atoms with Crippen LogP contribution in [0.5, 0.6) is 0 Å². The second-order valence-corrected chi connectivity index (χ2v) is 7.31. The van der Waals surface area contributed by atoms with Crippen LogP contribution in [0.3, 0.4) is 0 Å². The number of benzene rings is 2. The van der Waals surface area contributed by atoms with Crippen molar-refractivity contribution >= 4 is 22.5 Å². The second-order valence-electron chi connectivity index (χ2n) is 5.85. The van der Waals surface area contributed by atoms with Crippen molar-refractivity contribution in [2.75, 3.05) is 5.32 Å². The maximum Gasteiger partial charge on any atom is 0.256 e. The van der Waals surface area contributed by atoms with E-state index in [9.17, 15) is 17.8 Å². The van der Waals surface area contributed by atoms with E-state index in [-0.39, 0.29) is 17.1 Å². The molecular formula is C18H13F2N3O2S. The number of nitrogens with zero attached hydrogens (tertiary/aromatic N) is 2. The number of aromatic nitrogens is 2. The molecule has 0 unspecified atom stereocenters. The minimum atomic E-state index is -1.07. The molecule has 1 N–H and O–H groups in total. The van der Waals surface area contributed by atoms with Gasteiger partial charge in [-0.05, 0) is 48.5 Å². The van der Waals surface area contributed by atoms with E-state index in [0.29, 0.717) is 28.5 Å². The van der Waals surface area contributed by atoms with Crippen molar-refractivity contribution in [2.24, 2.45) is 0 Å². The Morgan fingerprint density at radius 1 is 1.00 bits per heavy atom. The fourth-order valence-corrected chi connectivity index (χ4v) is 4.07. The number of hydrogen-bond donors (Lipinski definition) is 1. The van der Waals surface area contributed by atoms with Gasteiger partial charge < -0.3 is 5.32 Å². The summed E-state index contributed by atoms with van der Waals surface area (Å²) in [6, 6.07) is 10.8. The SMILES string of the molecule is O=C(Nc1c2c(nn1-c1ccc(F)cc1)C[S@@](=O)C2)c1ccc(F)cc1. The second kappa shape index (κ2) is 6.45. The van der Waals surface area contributed by atoms with Crippen molar-refractivity contribution in [3.8, 4) is 5.69 Å². The Bertz CT molecular complexity index is 1010. The Morgan fingerprint density at radius 3 is 2.27 bits per heavy atom. The first-order valence-corrected chi connectivity index (χ1v) is 9.28. The third kappa shape index (κ3) is 3.03. The number of hydrogen-bond acceptors (Lipinski definition) is 3. The first-order valence-electron chi connectivity index (χ1n) is 7.80. The zero-order valence-corrected chi connectivity index (χ0v) is 14.2. The van der Waals surface area contributed by atoms with Crippen molar-refractivity contribution < 1.29 is 17.8 Å². The van der Waals surface area contributed by atoms with Gasteiger partial charge in [0.15, 0.2) is 0 Å². The molecule has 1 atom stereocenters. The molecule has 5 nitrogen and oxygen atoms in total. The van der Waals surface area contributed by atoms with Crippen molar-refractivity contribution in [3.63, 3.8) is 0 Å². The minimum absolute atomic E-state index is 0.283. The third-order valence-electron chi connectivity index (χ3n) is 4.08. The summed E-state index contributed by atoms with van der Waals surface area (Å²) in [7, 11) is -1.07. The first kappa shape index (κ1) is 16.6. The molecule has 2 aromatic carbocycles. The number of halogens is 2. The summed E-state index contributed by atoms with van der Waals surface area (Å²) < 4.78 is 39.6. The average molecular weight is 373 g/mol. The molecule has 8 heteroatoms. The summed E-state index contributed by atoms with van der Waals surface area (Å²) in [5.41, 5.74) is 2.19. The molecule has 4 rings (SSSR count). The Balaban J connectivity index is 1.74. The van der Waals surface area contributed by atoms with E-state index in [4.69, 9.17) is 0 Å². The van der Waals surface area contributed by atoms with Gasteiger partial charge in [-0.25, -0.2) is 13.5 Å². The molecular weight excluding hydrogens is 360 g/mol. The van der Waals surface area contributed by atoms with Crippen LogP contribution >= 0.6 is 0 Å². The van der Waals surface area contributed by atoms with Gasteiger partial charge in [0.05, 0.1) is 22.9 Å². The number of anilines is 1. The van der Waals surface area contributed by atoms with E-state index in [2.05, 4.69) is 10.4 Å². The fraction of sp³-hybridized carbons (Fsp3) is 0.111. The number of carbonyl (C=O) groups excluding carboxylic acids is 1. The van der Waals surface area contributed by atoms with E-state index in [1.54, 1.807) is 12.1 Å². The molecule has 0 spiro atoms. The van der Waals surface area contributed by atoms with E-state index in [1.165, 1.54) is 41.1 Å². The molecule has 1 amide bonds. The molecule has 1 aliphatic rings. The monoisotopic (exact) mass is 373 g/mol. The van der Waals surface area contributed by atoms with Gasteiger partial charge in [0.2, 0.25) is 0 Å². The van der Waals surface area contributed by atoms with Crippen LogP contribution in [0, 0.1) is 11.6 Å². The maximum atomic E-state index is 13.2. The molecule has 0 saturated heterocycles. The van der Waals surface area contributed by atoms with Crippen LogP contribution in [0.2, 0.25) is 0 Å². The van der Waals surface area contributed by atoms with E-state index in [1.807, 2.05) is 0 Å². The quantitative estimate of drug-likeness (QED) is 0.767. The summed E-state index contributed by atoms with van der Waals surface area (Å²) >= 11 is 0. The highest BCUT2D eigenvalue weighted by Crippen LogP contribution is 2.31. The summed E-state index contributed by atoms with van der Waals surface area (Å²) in [4.78, 5) is 12.5. The van der Waals surface area contributed by atoms with Gasteiger partial charge in [0, 0.05) is 21.9 Å². The molecule has 3 aromatic rings. The van der Waals surface area contributed by atoms with Gasteiger partial charge in [-0.15, -0.1) is 0 Å². The summed E-state index contributed by atoms with van der Waals surface area (Å²) in [5, 5.41) is 7.20. The molecule has 1 aliphatic heterocycles. The van der Waals surface area contributed by atoms with E-state index >= 15 is 0 Å². The highest BCUT2D eigenvalue weighted by Gasteiger charge is 2.28. The van der Waals surface area contributed by atoms with Crippen LogP contribution in [0.15, 0.2) is 48.5 Å². The van der Waals surface area contributed by atoms with E-state index < -0.39 is 22.5 Å². The highest BCUT2D eigenvalue weighted by atomic mass is 32.2. The Labute approximate surface area is 150 Å². The van der Waals surface area contributed by atoms with Gasteiger partial charge in [-0.3, -0.25) is 9.00 Å². The molecule has 1 aromatic heterocycles. The zero-order chi connectivity index (χ0) is 18.3. The van der Waals surface area contributed by atoms with Crippen LogP contribution < -0.4 is 5.32 Å². The van der Waals surface area contributed by atoms with Crippen LogP contribution in [-0.2, 0) is 22.3 Å². The molecule has 0 saturated carbocycles. The lowest BCUT2D eigenvalue weighted by Gasteiger charge is -2.11.